The van der Waals surface area contributed by atoms with Crippen LogP contribution in [0.15, 0.2) is 47.6 Å². The fraction of sp³-hybridized carbons (Fsp3) is 0.211. The van der Waals surface area contributed by atoms with Gasteiger partial charge in [-0.2, -0.15) is 0 Å². The number of nitro benzene ring substituents is 1. The molecule has 0 radical (unpaired) electrons. The number of hydrogen-bond donors (Lipinski definition) is 1. The molecule has 0 aliphatic heterocycles. The van der Waals surface area contributed by atoms with Gasteiger partial charge in [-0.1, -0.05) is 47.7 Å². The third-order valence-corrected chi connectivity index (χ3v) is 5.12. The number of benzene rings is 2. The van der Waals surface area contributed by atoms with Crippen LogP contribution in [0, 0.1) is 24.0 Å². The second kappa shape index (κ2) is 8.22. The third-order valence-electron chi connectivity index (χ3n) is 4.10. The van der Waals surface area contributed by atoms with E-state index >= 15 is 0 Å². The molecule has 8 nitrogen and oxygen atoms in total. The maximum atomic E-state index is 12.3. The van der Waals surface area contributed by atoms with Crippen LogP contribution in [0.2, 0.25) is 0 Å². The zero-order valence-corrected chi connectivity index (χ0v) is 16.5. The minimum atomic E-state index is -0.508. The van der Waals surface area contributed by atoms with E-state index in [2.05, 4.69) is 15.5 Å². The first-order valence-electron chi connectivity index (χ1n) is 8.49. The van der Waals surface area contributed by atoms with Gasteiger partial charge in [-0.15, -0.1) is 10.2 Å². The smallest absolute Gasteiger partial charge is 0.293 e. The van der Waals surface area contributed by atoms with Gasteiger partial charge in [-0.3, -0.25) is 14.9 Å². The van der Waals surface area contributed by atoms with Crippen LogP contribution >= 0.6 is 11.8 Å². The number of aryl methyl sites for hydroxylation is 2. The number of nitrogens with zero attached hydrogens (tertiary/aromatic N) is 4. The molecular weight excluding hydrogens is 378 g/mol. The normalized spacial score (nSPS) is 10.7. The zero-order chi connectivity index (χ0) is 20.3. The first-order chi connectivity index (χ1) is 13.3. The highest BCUT2D eigenvalue weighted by Gasteiger charge is 2.17. The van der Waals surface area contributed by atoms with Crippen molar-refractivity contribution in [3.8, 4) is 11.4 Å². The van der Waals surface area contributed by atoms with E-state index in [9.17, 15) is 14.9 Å². The molecule has 0 saturated heterocycles. The van der Waals surface area contributed by atoms with Crippen molar-refractivity contribution in [1.29, 1.82) is 0 Å². The van der Waals surface area contributed by atoms with Crippen LogP contribution in [0.5, 0.6) is 0 Å². The average molecular weight is 397 g/mol. The fourth-order valence-corrected chi connectivity index (χ4v) is 3.32. The minimum Gasteiger partial charge on any atom is -0.320 e. The van der Waals surface area contributed by atoms with E-state index < -0.39 is 4.92 Å². The van der Waals surface area contributed by atoms with Gasteiger partial charge in [0, 0.05) is 18.7 Å². The van der Waals surface area contributed by atoms with Crippen LogP contribution in [-0.2, 0) is 11.8 Å². The van der Waals surface area contributed by atoms with Gasteiger partial charge in [-0.25, -0.2) is 0 Å². The second-order valence-electron chi connectivity index (χ2n) is 6.35. The number of aromatic nitrogens is 3. The average Bonchev–Trinajstić information content (AvgIpc) is 3.02. The summed E-state index contributed by atoms with van der Waals surface area (Å²) in [4.78, 5) is 22.9. The molecule has 0 bridgehead atoms. The molecule has 1 aromatic heterocycles. The van der Waals surface area contributed by atoms with Gasteiger partial charge in [0.2, 0.25) is 5.91 Å². The molecule has 1 heterocycles. The summed E-state index contributed by atoms with van der Waals surface area (Å²) in [7, 11) is 1.83. The van der Waals surface area contributed by atoms with Gasteiger partial charge in [0.25, 0.3) is 5.69 Å². The molecule has 0 fully saturated rings. The minimum absolute atomic E-state index is 0.0604. The summed E-state index contributed by atoms with van der Waals surface area (Å²) < 4.78 is 1.82. The molecule has 2 aromatic carbocycles. The lowest BCUT2D eigenvalue weighted by atomic mass is 10.1. The van der Waals surface area contributed by atoms with Crippen LogP contribution in [0.3, 0.4) is 0 Å². The summed E-state index contributed by atoms with van der Waals surface area (Å²) in [5.74, 6) is 0.416. The van der Waals surface area contributed by atoms with Crippen molar-refractivity contribution in [2.24, 2.45) is 7.05 Å². The highest BCUT2D eigenvalue weighted by atomic mass is 32.2. The molecule has 3 aromatic rings. The maximum absolute atomic E-state index is 12.3. The van der Waals surface area contributed by atoms with E-state index in [1.807, 2.05) is 42.8 Å². The molecule has 9 heteroatoms. The van der Waals surface area contributed by atoms with Gasteiger partial charge in [0.15, 0.2) is 11.0 Å². The van der Waals surface area contributed by atoms with Crippen molar-refractivity contribution in [3.05, 3.63) is 63.7 Å². The number of carbonyl (C=O) groups is 1. The zero-order valence-electron chi connectivity index (χ0n) is 15.7. The lowest BCUT2D eigenvalue weighted by Gasteiger charge is -2.07. The fourth-order valence-electron chi connectivity index (χ4n) is 2.61. The van der Waals surface area contributed by atoms with E-state index in [0.717, 1.165) is 16.7 Å². The van der Waals surface area contributed by atoms with Crippen LogP contribution < -0.4 is 5.32 Å². The highest BCUT2D eigenvalue weighted by molar-refractivity contribution is 7.99. The first-order valence-corrected chi connectivity index (χ1v) is 9.48. The molecule has 28 heavy (non-hydrogen) atoms. The van der Waals surface area contributed by atoms with E-state index in [1.165, 1.54) is 23.9 Å². The molecule has 1 N–H and O–H groups in total. The summed E-state index contributed by atoms with van der Waals surface area (Å²) in [6.07, 6.45) is 0. The van der Waals surface area contributed by atoms with Crippen molar-refractivity contribution in [3.63, 3.8) is 0 Å². The molecule has 0 spiro atoms. The molecule has 0 saturated carbocycles. The van der Waals surface area contributed by atoms with Crippen molar-refractivity contribution in [1.82, 2.24) is 14.8 Å². The second-order valence-corrected chi connectivity index (χ2v) is 7.29. The molecule has 3 rings (SSSR count). The lowest BCUT2D eigenvalue weighted by Crippen LogP contribution is -2.15. The Morgan fingerprint density at radius 1 is 1.14 bits per heavy atom. The number of hydrogen-bond acceptors (Lipinski definition) is 6. The molecular formula is C19H19N5O3S. The van der Waals surface area contributed by atoms with Gasteiger partial charge >= 0.3 is 0 Å². The number of anilines is 1. The topological polar surface area (TPSA) is 103 Å². The Morgan fingerprint density at radius 3 is 2.50 bits per heavy atom. The van der Waals surface area contributed by atoms with E-state index in [0.29, 0.717) is 11.0 Å². The monoisotopic (exact) mass is 397 g/mol. The highest BCUT2D eigenvalue weighted by Crippen LogP contribution is 2.26. The SMILES string of the molecule is Cc1ccc(-c2nnc(SCC(=O)Nc3ccc(C)cc3[N+](=O)[O-])n2C)cc1. The van der Waals surface area contributed by atoms with Crippen LogP contribution in [-0.4, -0.2) is 31.3 Å². The molecule has 0 atom stereocenters. The summed E-state index contributed by atoms with van der Waals surface area (Å²) in [6, 6.07) is 12.6. The van der Waals surface area contributed by atoms with E-state index in [-0.39, 0.29) is 23.0 Å². The van der Waals surface area contributed by atoms with Crippen LogP contribution in [0.4, 0.5) is 11.4 Å². The number of amides is 1. The molecule has 144 valence electrons. The summed E-state index contributed by atoms with van der Waals surface area (Å²) in [5, 5.41) is 22.7. The van der Waals surface area contributed by atoms with Crippen molar-refractivity contribution >= 4 is 29.0 Å². The van der Waals surface area contributed by atoms with Gasteiger partial charge in [0.1, 0.15) is 5.69 Å². The molecule has 0 aliphatic carbocycles. The summed E-state index contributed by atoms with van der Waals surface area (Å²) >= 11 is 1.22. The predicted molar refractivity (Wildman–Crippen MR) is 108 cm³/mol. The predicted octanol–water partition coefficient (Wildman–Crippen LogP) is 3.74. The van der Waals surface area contributed by atoms with Crippen molar-refractivity contribution in [2.45, 2.75) is 19.0 Å². The van der Waals surface area contributed by atoms with Crippen molar-refractivity contribution < 1.29 is 9.72 Å². The molecule has 0 unspecified atom stereocenters. The van der Waals surface area contributed by atoms with Crippen LogP contribution in [0.1, 0.15) is 11.1 Å². The molecule has 1 amide bonds. The summed E-state index contributed by atoms with van der Waals surface area (Å²) in [5.41, 5.74) is 2.90. The Balaban J connectivity index is 1.67. The van der Waals surface area contributed by atoms with Gasteiger partial charge in [0.05, 0.1) is 10.7 Å². The Morgan fingerprint density at radius 2 is 1.82 bits per heavy atom. The number of rotatable bonds is 6. The maximum Gasteiger partial charge on any atom is 0.293 e. The number of nitrogens with one attached hydrogen (secondary N) is 1. The Labute approximate surface area is 166 Å². The third kappa shape index (κ3) is 4.37. The quantitative estimate of drug-likeness (QED) is 0.386. The largest absolute Gasteiger partial charge is 0.320 e. The van der Waals surface area contributed by atoms with E-state index in [1.54, 1.807) is 13.0 Å². The standard InChI is InChI=1S/C19H19N5O3S/c1-12-4-7-14(8-5-12)18-21-22-19(23(18)3)28-11-17(25)20-15-9-6-13(2)10-16(15)24(26)27/h4-10H,11H2,1-3H3,(H,20,25). The van der Waals surface area contributed by atoms with E-state index in [4.69, 9.17) is 0 Å². The number of thioether (sulfide) groups is 1. The number of nitro groups is 1. The Kier molecular flexibility index (Phi) is 5.74. The Hall–Kier alpha value is -3.20. The lowest BCUT2D eigenvalue weighted by molar-refractivity contribution is -0.384. The molecule has 0 aliphatic rings. The van der Waals surface area contributed by atoms with Gasteiger partial charge < -0.3 is 9.88 Å². The Bertz CT molecular complexity index is 1030. The van der Waals surface area contributed by atoms with Crippen molar-refractivity contribution in [2.75, 3.05) is 11.1 Å². The van der Waals surface area contributed by atoms with Crippen LogP contribution in [0.25, 0.3) is 11.4 Å². The van der Waals surface area contributed by atoms with Gasteiger partial charge in [-0.05, 0) is 25.5 Å². The number of carbonyl (C=O) groups excluding carboxylic acids is 1. The summed E-state index contributed by atoms with van der Waals surface area (Å²) in [6.45, 7) is 3.77. The first kappa shape index (κ1) is 19.6.